The van der Waals surface area contributed by atoms with Crippen LogP contribution in [0.1, 0.15) is 51.1 Å². The topological polar surface area (TPSA) is 172 Å². The minimum Gasteiger partial charge on any atom is -0.491 e. The molecule has 0 bridgehead atoms. The number of rotatable bonds is 12. The first kappa shape index (κ1) is 37.8. The van der Waals surface area contributed by atoms with E-state index in [2.05, 4.69) is 37.4 Å². The molecule has 1 aliphatic carbocycles. The van der Waals surface area contributed by atoms with Crippen molar-refractivity contribution in [3.63, 3.8) is 0 Å². The lowest BCUT2D eigenvalue weighted by molar-refractivity contribution is -0.136. The lowest BCUT2D eigenvalue weighted by atomic mass is 9.98. The van der Waals surface area contributed by atoms with Crippen LogP contribution in [0.2, 0.25) is 0 Å². The summed E-state index contributed by atoms with van der Waals surface area (Å²) >= 11 is 0. The van der Waals surface area contributed by atoms with Gasteiger partial charge in [-0.3, -0.25) is 39.3 Å². The average molecular weight is 795 g/mol. The number of ether oxygens (including phenoxy) is 2. The second kappa shape index (κ2) is 16.3. The smallest absolute Gasteiger partial charge is 0.262 e. The van der Waals surface area contributed by atoms with Crippen LogP contribution in [0.3, 0.4) is 0 Å². The van der Waals surface area contributed by atoms with Crippen molar-refractivity contribution >= 4 is 35.0 Å². The van der Waals surface area contributed by atoms with Gasteiger partial charge in [0.1, 0.15) is 24.1 Å². The Kier molecular flexibility index (Phi) is 10.4. The summed E-state index contributed by atoms with van der Waals surface area (Å²) in [7, 11) is 0. The number of nitrogens with one attached hydrogen (secondary N) is 1. The third-order valence-corrected chi connectivity index (χ3v) is 11.5. The van der Waals surface area contributed by atoms with Crippen LogP contribution in [0.5, 0.6) is 5.75 Å². The van der Waals surface area contributed by atoms with Gasteiger partial charge >= 0.3 is 0 Å². The van der Waals surface area contributed by atoms with E-state index in [9.17, 15) is 24.4 Å². The number of imide groups is 2. The largest absolute Gasteiger partial charge is 0.491 e. The van der Waals surface area contributed by atoms with Crippen molar-refractivity contribution in [2.75, 3.05) is 57.4 Å². The van der Waals surface area contributed by atoms with Gasteiger partial charge in [0, 0.05) is 80.1 Å². The molecule has 4 amide bonds. The van der Waals surface area contributed by atoms with Gasteiger partial charge < -0.3 is 19.6 Å². The molecule has 0 radical (unpaired) electrons. The molecule has 2 saturated heterocycles. The maximum atomic E-state index is 13.3. The Hall–Kier alpha value is -6.71. The zero-order chi connectivity index (χ0) is 40.5. The molecule has 1 unspecified atom stereocenters. The molecular weight excluding hydrogens is 753 g/mol. The fourth-order valence-electron chi connectivity index (χ4n) is 8.28. The summed E-state index contributed by atoms with van der Waals surface area (Å²) in [5.41, 5.74) is 9.02. The molecule has 0 spiro atoms. The number of carbonyl (C=O) groups is 4. The number of fused-ring (bicyclic) bond motifs is 2. The highest BCUT2D eigenvalue weighted by Crippen LogP contribution is 2.36. The molecule has 2 aromatic heterocycles. The van der Waals surface area contributed by atoms with Gasteiger partial charge in [-0.05, 0) is 85.0 Å². The summed E-state index contributed by atoms with van der Waals surface area (Å²) in [4.78, 5) is 60.0. The van der Waals surface area contributed by atoms with Gasteiger partial charge in [-0.25, -0.2) is 4.68 Å². The van der Waals surface area contributed by atoms with E-state index < -0.39 is 29.7 Å². The number of carbonyl (C=O) groups excluding carboxylic acids is 4. The Balaban J connectivity index is 0.737. The standard InChI is InChI=1S/C44H42N8O7/c53-40-12-11-39(42(54)46-40)52-43(55)35-9-5-32(26-36(35)44(52)56)50-19-17-49(18-20-50)21-22-58-23-24-59-33-6-3-31(4-7-33)51-27-37(41(47-51)28-13-15-45-16-14-28)30-1-8-34-29(25-30)2-10-38(34)48-57/h1,3-9,13-16,25-27,39,57H,2,10-12,17-24H2,(H,46,53,54). The van der Waals surface area contributed by atoms with Gasteiger partial charge in [0.25, 0.3) is 11.8 Å². The van der Waals surface area contributed by atoms with Crippen LogP contribution in [0.4, 0.5) is 5.69 Å². The molecule has 15 heteroatoms. The number of amides is 4. The summed E-state index contributed by atoms with van der Waals surface area (Å²) in [5.74, 6) is -1.28. The van der Waals surface area contributed by atoms with Gasteiger partial charge in [0.15, 0.2) is 0 Å². The van der Waals surface area contributed by atoms with Crippen LogP contribution in [0, 0.1) is 0 Å². The van der Waals surface area contributed by atoms with Gasteiger partial charge in [-0.2, -0.15) is 5.10 Å². The Labute approximate surface area is 339 Å². The van der Waals surface area contributed by atoms with Crippen molar-refractivity contribution in [3.05, 3.63) is 114 Å². The lowest BCUT2D eigenvalue weighted by Gasteiger charge is -2.36. The summed E-state index contributed by atoms with van der Waals surface area (Å²) in [5, 5.41) is 20.1. The van der Waals surface area contributed by atoms with Gasteiger partial charge in [-0.15, -0.1) is 0 Å². The fourth-order valence-corrected chi connectivity index (χ4v) is 8.28. The number of nitrogens with zero attached hydrogens (tertiary/aromatic N) is 7. The second-order valence-electron chi connectivity index (χ2n) is 15.0. The molecule has 9 rings (SSSR count). The molecule has 3 aliphatic heterocycles. The number of piperazine rings is 1. The van der Waals surface area contributed by atoms with Gasteiger partial charge in [0.2, 0.25) is 11.8 Å². The van der Waals surface area contributed by atoms with Gasteiger partial charge in [0.05, 0.1) is 35.7 Å². The zero-order valence-corrected chi connectivity index (χ0v) is 32.3. The van der Waals surface area contributed by atoms with Crippen LogP contribution >= 0.6 is 0 Å². The molecule has 59 heavy (non-hydrogen) atoms. The predicted octanol–water partition coefficient (Wildman–Crippen LogP) is 4.34. The number of piperidine rings is 1. The lowest BCUT2D eigenvalue weighted by Crippen LogP contribution is -2.54. The molecule has 2 fully saturated rings. The van der Waals surface area contributed by atoms with Crippen molar-refractivity contribution < 1.29 is 33.9 Å². The Bertz CT molecular complexity index is 2460. The third kappa shape index (κ3) is 7.57. The summed E-state index contributed by atoms with van der Waals surface area (Å²) in [6, 6.07) is 22.2. The number of aromatic nitrogens is 3. The van der Waals surface area contributed by atoms with E-state index in [4.69, 9.17) is 14.6 Å². The molecule has 1 atom stereocenters. The number of pyridine rings is 1. The van der Waals surface area contributed by atoms with Crippen molar-refractivity contribution in [3.8, 4) is 33.8 Å². The predicted molar refractivity (Wildman–Crippen MR) is 217 cm³/mol. The molecule has 15 nitrogen and oxygen atoms in total. The number of anilines is 1. The Morgan fingerprint density at radius 1 is 0.746 bits per heavy atom. The van der Waals surface area contributed by atoms with Crippen LogP contribution in [-0.2, 0) is 20.7 Å². The molecule has 0 saturated carbocycles. The average Bonchev–Trinajstić information content (AvgIpc) is 3.97. The quantitative estimate of drug-likeness (QED) is 0.0797. The van der Waals surface area contributed by atoms with Crippen molar-refractivity contribution in [1.82, 2.24) is 29.9 Å². The fraction of sp³-hybridized carbons (Fsp3) is 0.295. The van der Waals surface area contributed by atoms with E-state index in [0.29, 0.717) is 19.8 Å². The number of hydrogen-bond acceptors (Lipinski definition) is 12. The summed E-state index contributed by atoms with van der Waals surface area (Å²) in [6.07, 6.45) is 7.33. The second-order valence-corrected chi connectivity index (χ2v) is 15.0. The first-order valence-corrected chi connectivity index (χ1v) is 19.8. The molecule has 2 N–H and O–H groups in total. The number of aryl methyl sites for hydroxylation is 1. The maximum Gasteiger partial charge on any atom is 0.262 e. The Morgan fingerprint density at radius 2 is 1.51 bits per heavy atom. The maximum absolute atomic E-state index is 13.3. The van der Waals surface area contributed by atoms with Crippen LogP contribution in [0.25, 0.3) is 28.1 Å². The zero-order valence-electron chi connectivity index (χ0n) is 32.3. The number of hydrogen-bond donors (Lipinski definition) is 2. The monoisotopic (exact) mass is 794 g/mol. The molecule has 300 valence electrons. The Morgan fingerprint density at radius 3 is 2.29 bits per heavy atom. The first-order valence-electron chi connectivity index (χ1n) is 19.8. The minimum absolute atomic E-state index is 0.0853. The van der Waals surface area contributed by atoms with E-state index in [1.807, 2.05) is 59.4 Å². The molecular formula is C44H42N8O7. The van der Waals surface area contributed by atoms with Crippen molar-refractivity contribution in [2.45, 2.75) is 31.7 Å². The van der Waals surface area contributed by atoms with Crippen LogP contribution < -0.4 is 15.0 Å². The highest BCUT2D eigenvalue weighted by atomic mass is 16.5. The molecule has 5 aromatic rings. The number of benzene rings is 3. The van der Waals surface area contributed by atoms with E-state index in [1.165, 1.54) is 0 Å². The highest BCUT2D eigenvalue weighted by Gasteiger charge is 2.44. The van der Waals surface area contributed by atoms with Crippen LogP contribution in [-0.4, -0.2) is 118 Å². The number of oxime groups is 1. The molecule has 5 heterocycles. The highest BCUT2D eigenvalue weighted by molar-refractivity contribution is 6.23. The van der Waals surface area contributed by atoms with E-state index in [1.54, 1.807) is 24.5 Å². The summed E-state index contributed by atoms with van der Waals surface area (Å²) in [6.45, 7) is 5.32. The summed E-state index contributed by atoms with van der Waals surface area (Å²) < 4.78 is 13.8. The molecule has 3 aromatic carbocycles. The minimum atomic E-state index is -0.981. The SMILES string of the molecule is O=C1CCC(N2C(=O)c3ccc(N4CCN(CCOCCOc5ccc(-n6cc(-c7ccc8c(c7)CCC8=NO)c(-c7ccncc7)n6)cc5)CC4)cc3C2=O)C(=O)N1. The van der Waals surface area contributed by atoms with Gasteiger partial charge in [-0.1, -0.05) is 23.4 Å². The van der Waals surface area contributed by atoms with E-state index >= 15 is 0 Å². The van der Waals surface area contributed by atoms with E-state index in [-0.39, 0.29) is 24.0 Å². The van der Waals surface area contributed by atoms with Crippen molar-refractivity contribution in [2.24, 2.45) is 5.16 Å². The van der Waals surface area contributed by atoms with E-state index in [0.717, 1.165) is 107 Å². The normalized spacial score (nSPS) is 18.7. The first-order chi connectivity index (χ1) is 28.8. The van der Waals surface area contributed by atoms with Crippen LogP contribution in [0.15, 0.2) is 96.5 Å². The third-order valence-electron chi connectivity index (χ3n) is 11.5. The molecule has 4 aliphatic rings. The van der Waals surface area contributed by atoms with Crippen molar-refractivity contribution in [1.29, 1.82) is 0 Å².